The van der Waals surface area contributed by atoms with Gasteiger partial charge in [0, 0.05) is 41.2 Å². The molecule has 0 spiro atoms. The van der Waals surface area contributed by atoms with Gasteiger partial charge in [-0.15, -0.1) is 0 Å². The Morgan fingerprint density at radius 1 is 1.40 bits per heavy atom. The average molecular weight is 343 g/mol. The molecule has 0 aliphatic carbocycles. The SMILES string of the molecule is O=C(O)CC1CN(C(=O)c2cc(Br)cc([N+](=O)[O-])c2)C1. The number of carboxylic acids is 1. The van der Waals surface area contributed by atoms with Gasteiger partial charge in [0.1, 0.15) is 0 Å². The Morgan fingerprint density at radius 3 is 2.60 bits per heavy atom. The molecule has 2 rings (SSSR count). The van der Waals surface area contributed by atoms with Crippen LogP contribution in [0, 0.1) is 16.0 Å². The minimum absolute atomic E-state index is 0.0302. The van der Waals surface area contributed by atoms with Crippen molar-refractivity contribution in [2.45, 2.75) is 6.42 Å². The fourth-order valence-electron chi connectivity index (χ4n) is 2.10. The number of carboxylic acid groups (broad SMARTS) is 1. The second kappa shape index (κ2) is 5.58. The van der Waals surface area contributed by atoms with Crippen LogP contribution in [-0.4, -0.2) is 39.9 Å². The number of nitro benzene ring substituents is 1. The minimum atomic E-state index is -0.889. The third kappa shape index (κ3) is 3.13. The van der Waals surface area contributed by atoms with Gasteiger partial charge in [-0.2, -0.15) is 0 Å². The summed E-state index contributed by atoms with van der Waals surface area (Å²) in [4.78, 5) is 34.3. The Kier molecular flexibility index (Phi) is 4.03. The highest BCUT2D eigenvalue weighted by Gasteiger charge is 2.33. The van der Waals surface area contributed by atoms with E-state index in [9.17, 15) is 19.7 Å². The number of aliphatic carboxylic acids is 1. The molecule has 0 bridgehead atoms. The van der Waals surface area contributed by atoms with Gasteiger partial charge in [0.15, 0.2) is 0 Å². The van der Waals surface area contributed by atoms with Crippen molar-refractivity contribution in [2.75, 3.05) is 13.1 Å². The average Bonchev–Trinajstić information content (AvgIpc) is 2.31. The normalized spacial score (nSPS) is 14.8. The lowest BCUT2D eigenvalue weighted by atomic mass is 9.95. The van der Waals surface area contributed by atoms with Gasteiger partial charge in [0.25, 0.3) is 11.6 Å². The summed E-state index contributed by atoms with van der Waals surface area (Å²) in [7, 11) is 0. The number of nitrogens with zero attached hydrogens (tertiary/aromatic N) is 2. The summed E-state index contributed by atoms with van der Waals surface area (Å²) >= 11 is 3.13. The fourth-order valence-corrected chi connectivity index (χ4v) is 2.58. The summed E-state index contributed by atoms with van der Waals surface area (Å²) in [6.45, 7) is 0.733. The molecule has 1 aliphatic rings. The monoisotopic (exact) mass is 342 g/mol. The molecule has 106 valence electrons. The van der Waals surface area contributed by atoms with Crippen molar-refractivity contribution in [3.05, 3.63) is 38.3 Å². The zero-order valence-corrected chi connectivity index (χ0v) is 11.9. The van der Waals surface area contributed by atoms with Crippen LogP contribution in [0.4, 0.5) is 5.69 Å². The van der Waals surface area contributed by atoms with Gasteiger partial charge in [-0.25, -0.2) is 0 Å². The van der Waals surface area contributed by atoms with Crippen LogP contribution in [0.5, 0.6) is 0 Å². The minimum Gasteiger partial charge on any atom is -0.481 e. The van der Waals surface area contributed by atoms with E-state index in [1.165, 1.54) is 23.1 Å². The summed E-state index contributed by atoms with van der Waals surface area (Å²) < 4.78 is 0.456. The number of likely N-dealkylation sites (tertiary alicyclic amines) is 1. The molecule has 1 heterocycles. The van der Waals surface area contributed by atoms with E-state index in [0.717, 1.165) is 0 Å². The van der Waals surface area contributed by atoms with Crippen molar-refractivity contribution in [3.8, 4) is 0 Å². The van der Waals surface area contributed by atoms with E-state index in [2.05, 4.69) is 15.9 Å². The molecule has 1 aliphatic heterocycles. The van der Waals surface area contributed by atoms with Crippen LogP contribution in [-0.2, 0) is 4.79 Å². The van der Waals surface area contributed by atoms with E-state index in [1.807, 2.05) is 0 Å². The molecule has 1 amide bonds. The van der Waals surface area contributed by atoms with Crippen LogP contribution >= 0.6 is 15.9 Å². The summed E-state index contributed by atoms with van der Waals surface area (Å²) in [5.74, 6) is -1.25. The maximum Gasteiger partial charge on any atom is 0.303 e. The first-order chi connectivity index (χ1) is 9.36. The molecule has 1 fully saturated rings. The van der Waals surface area contributed by atoms with E-state index >= 15 is 0 Å². The smallest absolute Gasteiger partial charge is 0.303 e. The lowest BCUT2D eigenvalue weighted by Crippen LogP contribution is -2.50. The number of nitro groups is 1. The number of carbonyl (C=O) groups excluding carboxylic acids is 1. The molecule has 1 N–H and O–H groups in total. The Morgan fingerprint density at radius 2 is 2.05 bits per heavy atom. The summed E-state index contributed by atoms with van der Waals surface area (Å²) in [5, 5.41) is 19.4. The number of amides is 1. The van der Waals surface area contributed by atoms with E-state index in [0.29, 0.717) is 17.6 Å². The zero-order chi connectivity index (χ0) is 14.9. The molecular weight excluding hydrogens is 332 g/mol. The van der Waals surface area contributed by atoms with Crippen molar-refractivity contribution in [2.24, 2.45) is 5.92 Å². The third-order valence-corrected chi connectivity index (χ3v) is 3.51. The van der Waals surface area contributed by atoms with Gasteiger partial charge in [-0.05, 0) is 6.07 Å². The number of hydrogen-bond donors (Lipinski definition) is 1. The lowest BCUT2D eigenvalue weighted by molar-refractivity contribution is -0.385. The Labute approximate surface area is 122 Å². The van der Waals surface area contributed by atoms with Gasteiger partial charge in [-0.3, -0.25) is 19.7 Å². The quantitative estimate of drug-likeness (QED) is 0.665. The fraction of sp³-hybridized carbons (Fsp3) is 0.333. The molecule has 0 radical (unpaired) electrons. The van der Waals surface area contributed by atoms with Crippen LogP contribution in [0.2, 0.25) is 0 Å². The predicted molar refractivity (Wildman–Crippen MR) is 72.4 cm³/mol. The first kappa shape index (κ1) is 14.4. The topological polar surface area (TPSA) is 101 Å². The second-order valence-corrected chi connectivity index (χ2v) is 5.54. The van der Waals surface area contributed by atoms with Crippen LogP contribution < -0.4 is 0 Å². The molecule has 7 nitrogen and oxygen atoms in total. The standard InChI is InChI=1S/C12H11BrN2O5/c13-9-2-8(3-10(4-9)15(19)20)12(18)14-5-7(6-14)1-11(16)17/h2-4,7H,1,5-6H2,(H,16,17). The van der Waals surface area contributed by atoms with Crippen LogP contribution in [0.1, 0.15) is 16.8 Å². The summed E-state index contributed by atoms with van der Waals surface area (Å²) in [6.07, 6.45) is 0.0302. The van der Waals surface area contributed by atoms with Gasteiger partial charge in [0.05, 0.1) is 11.3 Å². The van der Waals surface area contributed by atoms with Crippen molar-refractivity contribution < 1.29 is 19.6 Å². The highest BCUT2D eigenvalue weighted by molar-refractivity contribution is 9.10. The van der Waals surface area contributed by atoms with Gasteiger partial charge in [0.2, 0.25) is 0 Å². The Bertz CT molecular complexity index is 583. The second-order valence-electron chi connectivity index (χ2n) is 4.63. The van der Waals surface area contributed by atoms with Crippen LogP contribution in [0.25, 0.3) is 0 Å². The number of benzene rings is 1. The van der Waals surface area contributed by atoms with Crippen molar-refractivity contribution >= 4 is 33.5 Å². The van der Waals surface area contributed by atoms with E-state index in [-0.39, 0.29) is 29.5 Å². The van der Waals surface area contributed by atoms with E-state index < -0.39 is 10.9 Å². The highest BCUT2D eigenvalue weighted by atomic mass is 79.9. The summed E-state index contributed by atoms with van der Waals surface area (Å²) in [5.41, 5.74) is 0.0604. The number of rotatable bonds is 4. The number of halogens is 1. The number of hydrogen-bond acceptors (Lipinski definition) is 4. The van der Waals surface area contributed by atoms with Gasteiger partial charge < -0.3 is 10.0 Å². The number of carbonyl (C=O) groups is 2. The largest absolute Gasteiger partial charge is 0.481 e. The first-order valence-electron chi connectivity index (χ1n) is 5.83. The molecule has 1 saturated heterocycles. The van der Waals surface area contributed by atoms with E-state index in [4.69, 9.17) is 5.11 Å². The van der Waals surface area contributed by atoms with Crippen molar-refractivity contribution in [3.63, 3.8) is 0 Å². The van der Waals surface area contributed by atoms with Crippen molar-refractivity contribution in [1.82, 2.24) is 4.90 Å². The number of non-ortho nitro benzene ring substituents is 1. The highest BCUT2D eigenvalue weighted by Crippen LogP contribution is 2.26. The molecule has 0 atom stereocenters. The summed E-state index contributed by atoms with van der Waals surface area (Å²) in [6, 6.07) is 4.05. The van der Waals surface area contributed by atoms with Crippen LogP contribution in [0.15, 0.2) is 22.7 Å². The molecule has 0 unspecified atom stereocenters. The molecule has 0 saturated carbocycles. The van der Waals surface area contributed by atoms with Gasteiger partial charge >= 0.3 is 5.97 Å². The van der Waals surface area contributed by atoms with Crippen molar-refractivity contribution in [1.29, 1.82) is 0 Å². The molecule has 8 heteroatoms. The van der Waals surface area contributed by atoms with Crippen LogP contribution in [0.3, 0.4) is 0 Å². The molecule has 1 aromatic rings. The predicted octanol–water partition coefficient (Wildman–Crippen LogP) is 1.90. The first-order valence-corrected chi connectivity index (χ1v) is 6.62. The van der Waals surface area contributed by atoms with E-state index in [1.54, 1.807) is 0 Å². The molecule has 1 aromatic carbocycles. The molecular formula is C12H11BrN2O5. The zero-order valence-electron chi connectivity index (χ0n) is 10.3. The molecule has 0 aromatic heterocycles. The Hall–Kier alpha value is -1.96. The Balaban J connectivity index is 2.07. The maximum absolute atomic E-state index is 12.1. The lowest BCUT2D eigenvalue weighted by Gasteiger charge is -2.38. The molecule has 20 heavy (non-hydrogen) atoms. The third-order valence-electron chi connectivity index (χ3n) is 3.05. The maximum atomic E-state index is 12.1. The van der Waals surface area contributed by atoms with Gasteiger partial charge in [-0.1, -0.05) is 15.9 Å².